The topological polar surface area (TPSA) is 79.4 Å². The third-order valence-electron chi connectivity index (χ3n) is 7.65. The predicted octanol–water partition coefficient (Wildman–Crippen LogP) is 5.79. The van der Waals surface area contributed by atoms with Gasteiger partial charge in [0.05, 0.1) is 9.67 Å². The number of rotatable bonds is 6. The minimum absolute atomic E-state index is 0.0527. The maximum absolute atomic E-state index is 12.6. The molecule has 0 unspecified atom stereocenters. The zero-order valence-electron chi connectivity index (χ0n) is 21.0. The molecule has 1 fully saturated rings. The summed E-state index contributed by atoms with van der Waals surface area (Å²) in [7, 11) is -3.82. The largest absolute Gasteiger partial charge is 0.416 e. The molecule has 3 atom stereocenters. The molecule has 0 spiro atoms. The van der Waals surface area contributed by atoms with E-state index in [1.54, 1.807) is 4.57 Å². The van der Waals surface area contributed by atoms with Crippen molar-refractivity contribution in [1.82, 2.24) is 9.55 Å². The van der Waals surface area contributed by atoms with Crippen LogP contribution in [0, 0.1) is 9.49 Å². The van der Waals surface area contributed by atoms with Crippen LogP contribution in [0.15, 0.2) is 11.0 Å². The molecule has 1 heterocycles. The quantitative estimate of drug-likeness (QED) is 0.341. The van der Waals surface area contributed by atoms with Gasteiger partial charge in [0.1, 0.15) is 5.82 Å². The molecule has 0 aliphatic heterocycles. The van der Waals surface area contributed by atoms with E-state index in [1.807, 2.05) is 6.20 Å². The van der Waals surface area contributed by atoms with Gasteiger partial charge < -0.3 is 14.6 Å². The van der Waals surface area contributed by atoms with Crippen LogP contribution in [0.25, 0.3) is 0 Å². The fourth-order valence-corrected chi connectivity index (χ4v) is 6.29. The Bertz CT molecular complexity index is 844. The number of halogens is 1. The molecule has 9 heteroatoms. The summed E-state index contributed by atoms with van der Waals surface area (Å²) < 4.78 is 16.1. The van der Waals surface area contributed by atoms with E-state index in [-0.39, 0.29) is 33.8 Å². The molecule has 0 saturated heterocycles. The number of hydrogen-bond donors (Lipinski definition) is 1. The van der Waals surface area contributed by atoms with Crippen LogP contribution in [-0.2, 0) is 8.85 Å². The molecule has 0 radical (unpaired) electrons. The standard InChI is InChI=1S/C22H42IN3O3Si2/c1-21(2,3)30(7,8)28-14-15-11-16(26-13-17(23)19(24)25-20(26)27)12-18(15)29-31(9,10)22(4,5)6/h13,15-16,18H,11-12,14H2,1-10H3,(H2,24,25,27)/t15-,16-,18-/m1/s1. The van der Waals surface area contributed by atoms with E-state index in [0.717, 1.165) is 16.4 Å². The molecule has 1 aromatic rings. The molecule has 0 bridgehead atoms. The lowest BCUT2D eigenvalue weighted by Crippen LogP contribution is -2.46. The van der Waals surface area contributed by atoms with Crippen LogP contribution >= 0.6 is 22.6 Å². The average molecular weight is 580 g/mol. The summed E-state index contributed by atoms with van der Waals surface area (Å²) in [6.07, 6.45) is 3.59. The number of nitrogen functional groups attached to an aromatic ring is 1. The van der Waals surface area contributed by atoms with Crippen molar-refractivity contribution in [2.24, 2.45) is 5.92 Å². The van der Waals surface area contributed by atoms with Gasteiger partial charge in [-0.15, -0.1) is 0 Å². The van der Waals surface area contributed by atoms with E-state index in [1.165, 1.54) is 0 Å². The number of anilines is 1. The minimum Gasteiger partial charge on any atom is -0.416 e. The lowest BCUT2D eigenvalue weighted by Gasteiger charge is -2.41. The number of aromatic nitrogens is 2. The first-order valence-electron chi connectivity index (χ1n) is 11.2. The van der Waals surface area contributed by atoms with Crippen LogP contribution in [0.5, 0.6) is 0 Å². The van der Waals surface area contributed by atoms with E-state index >= 15 is 0 Å². The summed E-state index contributed by atoms with van der Waals surface area (Å²) in [6, 6.07) is 0.0527. The molecule has 0 aromatic carbocycles. The van der Waals surface area contributed by atoms with Gasteiger partial charge in [-0.2, -0.15) is 4.98 Å². The molecule has 2 rings (SSSR count). The Morgan fingerprint density at radius 3 is 2.16 bits per heavy atom. The number of nitrogens with zero attached hydrogens (tertiary/aromatic N) is 2. The molecule has 0 amide bonds. The first-order valence-corrected chi connectivity index (χ1v) is 18.1. The van der Waals surface area contributed by atoms with Gasteiger partial charge in [0.2, 0.25) is 0 Å². The van der Waals surface area contributed by atoms with Gasteiger partial charge in [-0.1, -0.05) is 41.5 Å². The molecule has 1 aliphatic carbocycles. The summed E-state index contributed by atoms with van der Waals surface area (Å²) in [6.45, 7) is 23.5. The molecule has 178 valence electrons. The monoisotopic (exact) mass is 579 g/mol. The van der Waals surface area contributed by atoms with Crippen molar-refractivity contribution >= 4 is 45.0 Å². The molecular formula is C22H42IN3O3Si2. The maximum atomic E-state index is 12.6. The van der Waals surface area contributed by atoms with Gasteiger partial charge in [0, 0.05) is 24.8 Å². The van der Waals surface area contributed by atoms with E-state index < -0.39 is 16.6 Å². The van der Waals surface area contributed by atoms with Gasteiger partial charge in [-0.05, 0) is 71.7 Å². The minimum atomic E-state index is -1.96. The first-order chi connectivity index (χ1) is 13.9. The van der Waals surface area contributed by atoms with Crippen molar-refractivity contribution in [3.05, 3.63) is 20.3 Å². The van der Waals surface area contributed by atoms with E-state index in [2.05, 4.69) is 95.3 Å². The molecule has 31 heavy (non-hydrogen) atoms. The Morgan fingerprint density at radius 2 is 1.65 bits per heavy atom. The van der Waals surface area contributed by atoms with Crippen molar-refractivity contribution in [3.63, 3.8) is 0 Å². The van der Waals surface area contributed by atoms with E-state index in [0.29, 0.717) is 12.4 Å². The molecular weight excluding hydrogens is 537 g/mol. The summed E-state index contributed by atoms with van der Waals surface area (Å²) in [5.74, 6) is 0.557. The van der Waals surface area contributed by atoms with Crippen LogP contribution in [0.4, 0.5) is 5.82 Å². The Morgan fingerprint density at radius 1 is 1.10 bits per heavy atom. The van der Waals surface area contributed by atoms with Crippen molar-refractivity contribution in [1.29, 1.82) is 0 Å². The first kappa shape index (κ1) is 27.0. The van der Waals surface area contributed by atoms with Crippen LogP contribution in [0.2, 0.25) is 36.3 Å². The Kier molecular flexibility index (Phi) is 8.01. The smallest absolute Gasteiger partial charge is 0.349 e. The fraction of sp³-hybridized carbons (Fsp3) is 0.818. The van der Waals surface area contributed by atoms with Crippen molar-refractivity contribution in [2.45, 2.75) is 103 Å². The zero-order valence-corrected chi connectivity index (χ0v) is 25.2. The molecule has 2 N–H and O–H groups in total. The van der Waals surface area contributed by atoms with Crippen LogP contribution in [-0.4, -0.2) is 38.9 Å². The van der Waals surface area contributed by atoms with Crippen molar-refractivity contribution in [2.75, 3.05) is 12.3 Å². The van der Waals surface area contributed by atoms with Crippen LogP contribution < -0.4 is 11.4 Å². The summed E-state index contributed by atoms with van der Waals surface area (Å²) in [5.41, 5.74) is 5.57. The van der Waals surface area contributed by atoms with Crippen molar-refractivity contribution < 1.29 is 8.85 Å². The van der Waals surface area contributed by atoms with E-state index in [4.69, 9.17) is 14.6 Å². The maximum Gasteiger partial charge on any atom is 0.349 e. The fourth-order valence-electron chi connectivity index (χ4n) is 3.41. The van der Waals surface area contributed by atoms with Gasteiger partial charge in [-0.25, -0.2) is 4.79 Å². The second-order valence-corrected chi connectivity index (χ2v) is 22.8. The predicted molar refractivity (Wildman–Crippen MR) is 143 cm³/mol. The average Bonchev–Trinajstić information content (AvgIpc) is 2.96. The van der Waals surface area contributed by atoms with Gasteiger partial charge in [0.25, 0.3) is 0 Å². The molecule has 6 nitrogen and oxygen atoms in total. The second kappa shape index (κ2) is 9.19. The Balaban J connectivity index is 2.31. The third-order valence-corrected chi connectivity index (χ3v) is 17.5. The summed E-state index contributed by atoms with van der Waals surface area (Å²) in [5, 5.41) is 0.291. The molecule has 1 saturated carbocycles. The highest BCUT2D eigenvalue weighted by Crippen LogP contribution is 2.44. The Hall–Kier alpha value is -0.236. The molecule has 1 aromatic heterocycles. The highest BCUT2D eigenvalue weighted by atomic mass is 127. The highest BCUT2D eigenvalue weighted by Gasteiger charge is 2.46. The van der Waals surface area contributed by atoms with Gasteiger partial charge >= 0.3 is 5.69 Å². The second-order valence-electron chi connectivity index (χ2n) is 12.0. The van der Waals surface area contributed by atoms with Crippen molar-refractivity contribution in [3.8, 4) is 0 Å². The lowest BCUT2D eigenvalue weighted by molar-refractivity contribution is 0.101. The van der Waals surface area contributed by atoms with Crippen LogP contribution in [0.3, 0.4) is 0 Å². The van der Waals surface area contributed by atoms with E-state index in [9.17, 15) is 4.79 Å². The SMILES string of the molecule is CC(C)(C)[Si](C)(C)OC[C@H]1C[C@@H](n2cc(I)c(N)nc2=O)C[C@H]1O[Si](C)(C)C(C)(C)C. The normalized spacial score (nSPS) is 23.4. The Labute approximate surface area is 204 Å². The number of hydrogen-bond acceptors (Lipinski definition) is 5. The van der Waals surface area contributed by atoms with Crippen LogP contribution in [0.1, 0.15) is 60.4 Å². The summed E-state index contributed by atoms with van der Waals surface area (Å²) >= 11 is 2.14. The van der Waals surface area contributed by atoms with Gasteiger partial charge in [0.15, 0.2) is 16.6 Å². The third kappa shape index (κ3) is 6.21. The zero-order chi connectivity index (χ0) is 24.0. The summed E-state index contributed by atoms with van der Waals surface area (Å²) in [4.78, 5) is 16.6. The van der Waals surface area contributed by atoms with Gasteiger partial charge in [-0.3, -0.25) is 4.57 Å². The highest BCUT2D eigenvalue weighted by molar-refractivity contribution is 14.1. The number of nitrogens with two attached hydrogens (primary N) is 1. The lowest BCUT2D eigenvalue weighted by atomic mass is 10.1. The molecule has 1 aliphatic rings.